The molecule has 0 unspecified atom stereocenters. The lowest BCUT2D eigenvalue weighted by Gasteiger charge is -2.39. The van der Waals surface area contributed by atoms with Crippen molar-refractivity contribution in [1.29, 1.82) is 0 Å². The van der Waals surface area contributed by atoms with Crippen molar-refractivity contribution in [1.82, 2.24) is 0 Å². The second kappa shape index (κ2) is 5.55. The van der Waals surface area contributed by atoms with Crippen LogP contribution in [0.5, 0.6) is 0 Å². The number of methoxy groups -OCH3 is 2. The largest absolute Gasteiger partial charge is 0.498 e. The summed E-state index contributed by atoms with van der Waals surface area (Å²) in [5.74, 6) is 0.0431. The maximum atomic E-state index is 12.3. The van der Waals surface area contributed by atoms with Gasteiger partial charge < -0.3 is 19.3 Å². The summed E-state index contributed by atoms with van der Waals surface area (Å²) in [6.45, 7) is 7.10. The summed E-state index contributed by atoms with van der Waals surface area (Å²) in [6, 6.07) is 0. The minimum Gasteiger partial charge on any atom is -0.498 e. The van der Waals surface area contributed by atoms with Crippen molar-refractivity contribution in [2.45, 2.75) is 50.1 Å². The van der Waals surface area contributed by atoms with Crippen LogP contribution >= 0.6 is 0 Å². The van der Waals surface area contributed by atoms with Crippen LogP contribution in [0.1, 0.15) is 26.7 Å². The molecule has 0 aromatic heterocycles. The fourth-order valence-corrected chi connectivity index (χ4v) is 3.26. The fraction of sp³-hybridized carbons (Fsp3) is 0.688. The van der Waals surface area contributed by atoms with E-state index in [9.17, 15) is 9.90 Å². The predicted octanol–water partition coefficient (Wildman–Crippen LogP) is 1.61. The van der Waals surface area contributed by atoms with Crippen LogP contribution in [0.4, 0.5) is 0 Å². The monoisotopic (exact) mass is 296 g/mol. The lowest BCUT2D eigenvalue weighted by molar-refractivity contribution is -0.147. The minimum absolute atomic E-state index is 0.0548. The summed E-state index contributed by atoms with van der Waals surface area (Å²) in [5, 5.41) is 10.3. The summed E-state index contributed by atoms with van der Waals surface area (Å²) in [7, 11) is 3.10. The molecule has 0 saturated carbocycles. The van der Waals surface area contributed by atoms with Gasteiger partial charge in [0.2, 0.25) is 0 Å². The van der Waals surface area contributed by atoms with Gasteiger partial charge in [0.05, 0.1) is 24.7 Å². The molecule has 21 heavy (non-hydrogen) atoms. The van der Waals surface area contributed by atoms with Crippen LogP contribution in [-0.4, -0.2) is 48.5 Å². The summed E-state index contributed by atoms with van der Waals surface area (Å²) in [4.78, 5) is 12.3. The number of hydrogen-bond donors (Lipinski definition) is 1. The molecule has 1 N–H and O–H groups in total. The van der Waals surface area contributed by atoms with Crippen molar-refractivity contribution in [2.75, 3.05) is 14.2 Å². The Morgan fingerprint density at radius 1 is 1.57 bits per heavy atom. The van der Waals surface area contributed by atoms with Gasteiger partial charge in [0.25, 0.3) is 0 Å². The summed E-state index contributed by atoms with van der Waals surface area (Å²) < 4.78 is 17.2. The first-order valence-corrected chi connectivity index (χ1v) is 7.14. The highest BCUT2D eigenvalue weighted by Crippen LogP contribution is 2.48. The zero-order valence-electron chi connectivity index (χ0n) is 13.1. The third-order valence-corrected chi connectivity index (χ3v) is 4.47. The Morgan fingerprint density at radius 2 is 2.24 bits per heavy atom. The van der Waals surface area contributed by atoms with Crippen molar-refractivity contribution in [3.63, 3.8) is 0 Å². The molecule has 1 fully saturated rings. The molecule has 1 heterocycles. The topological polar surface area (TPSA) is 65.0 Å². The summed E-state index contributed by atoms with van der Waals surface area (Å²) in [6.07, 6.45) is 3.22. The maximum Gasteiger partial charge on any atom is 0.165 e. The Bertz CT molecular complexity index is 462. The van der Waals surface area contributed by atoms with E-state index in [1.807, 2.05) is 0 Å². The second-order valence-corrected chi connectivity index (χ2v) is 6.24. The quantitative estimate of drug-likeness (QED) is 0.781. The molecular formula is C16H24O5. The number of rotatable bonds is 5. The van der Waals surface area contributed by atoms with Gasteiger partial charge >= 0.3 is 0 Å². The van der Waals surface area contributed by atoms with Crippen molar-refractivity contribution < 1.29 is 24.1 Å². The van der Waals surface area contributed by atoms with Crippen LogP contribution in [-0.2, 0) is 19.0 Å². The number of hydrogen-bond acceptors (Lipinski definition) is 5. The molecule has 2 aliphatic rings. The minimum atomic E-state index is -1.02. The molecule has 5 heteroatoms. The lowest BCUT2D eigenvalue weighted by atomic mass is 9.75. The average Bonchev–Trinajstić information content (AvgIpc) is 2.82. The van der Waals surface area contributed by atoms with Gasteiger partial charge in [0, 0.05) is 19.6 Å². The van der Waals surface area contributed by atoms with Crippen LogP contribution in [0.3, 0.4) is 0 Å². The molecule has 1 aliphatic carbocycles. The smallest absolute Gasteiger partial charge is 0.165 e. The molecular weight excluding hydrogens is 272 g/mol. The van der Waals surface area contributed by atoms with Gasteiger partial charge in [0.1, 0.15) is 11.9 Å². The van der Waals surface area contributed by atoms with Crippen LogP contribution in [0.15, 0.2) is 24.5 Å². The number of aliphatic hydroxyl groups is 1. The van der Waals surface area contributed by atoms with E-state index in [-0.39, 0.29) is 11.7 Å². The van der Waals surface area contributed by atoms with Gasteiger partial charge in [-0.05, 0) is 20.3 Å². The molecule has 1 aliphatic heterocycles. The molecule has 0 amide bonds. The van der Waals surface area contributed by atoms with Gasteiger partial charge in [-0.1, -0.05) is 6.08 Å². The molecule has 5 nitrogen and oxygen atoms in total. The van der Waals surface area contributed by atoms with E-state index in [1.54, 1.807) is 27.0 Å². The van der Waals surface area contributed by atoms with Crippen LogP contribution in [0.25, 0.3) is 0 Å². The third-order valence-electron chi connectivity index (χ3n) is 4.47. The zero-order valence-corrected chi connectivity index (χ0v) is 13.1. The van der Waals surface area contributed by atoms with Crippen molar-refractivity contribution in [3.05, 3.63) is 24.5 Å². The Kier molecular flexibility index (Phi) is 4.29. The Hall–Kier alpha value is -1.17. The lowest BCUT2D eigenvalue weighted by Crippen LogP contribution is -2.51. The number of ketones is 1. The number of allylic oxidation sites excluding steroid dienone is 2. The second-order valence-electron chi connectivity index (χ2n) is 6.24. The molecule has 0 aromatic rings. The summed E-state index contributed by atoms with van der Waals surface area (Å²) >= 11 is 0. The number of ether oxygens (including phenoxy) is 3. The summed E-state index contributed by atoms with van der Waals surface area (Å²) in [5.41, 5.74) is -1.86. The van der Waals surface area contributed by atoms with E-state index in [2.05, 4.69) is 6.58 Å². The Labute approximate surface area is 125 Å². The van der Waals surface area contributed by atoms with Crippen LogP contribution in [0.2, 0.25) is 0 Å². The van der Waals surface area contributed by atoms with Gasteiger partial charge in [-0.25, -0.2) is 0 Å². The Balaban J connectivity index is 2.47. The molecule has 118 valence electrons. The number of fused-ring (bicyclic) bond motifs is 1. The van der Waals surface area contributed by atoms with Crippen LogP contribution < -0.4 is 0 Å². The fourth-order valence-electron chi connectivity index (χ4n) is 3.26. The van der Waals surface area contributed by atoms with Crippen molar-refractivity contribution >= 4 is 5.78 Å². The first kappa shape index (κ1) is 16.2. The van der Waals surface area contributed by atoms with Gasteiger partial charge in [-0.3, -0.25) is 4.79 Å². The maximum absolute atomic E-state index is 12.3. The van der Waals surface area contributed by atoms with Gasteiger partial charge in [-0.15, -0.1) is 6.58 Å². The Morgan fingerprint density at radius 3 is 2.71 bits per heavy atom. The highest BCUT2D eigenvalue weighted by atomic mass is 16.6. The number of carbonyl (C=O) groups excluding carboxylic acids is 1. The average molecular weight is 296 g/mol. The van der Waals surface area contributed by atoms with Crippen molar-refractivity contribution in [2.24, 2.45) is 5.92 Å². The molecule has 0 spiro atoms. The normalized spacial score (nSPS) is 36.1. The highest BCUT2D eigenvalue weighted by Gasteiger charge is 2.61. The van der Waals surface area contributed by atoms with Gasteiger partial charge in [-0.2, -0.15) is 0 Å². The molecule has 1 saturated heterocycles. The first-order valence-electron chi connectivity index (χ1n) is 7.14. The molecule has 4 atom stereocenters. The van der Waals surface area contributed by atoms with E-state index < -0.39 is 23.4 Å². The van der Waals surface area contributed by atoms with Crippen molar-refractivity contribution in [3.8, 4) is 0 Å². The highest BCUT2D eigenvalue weighted by molar-refractivity contribution is 5.94. The zero-order chi connectivity index (χ0) is 15.8. The first-order chi connectivity index (χ1) is 9.80. The van der Waals surface area contributed by atoms with E-state index >= 15 is 0 Å². The third kappa shape index (κ3) is 2.54. The van der Waals surface area contributed by atoms with E-state index in [0.717, 1.165) is 0 Å². The number of carbonyl (C=O) groups is 1. The van der Waals surface area contributed by atoms with E-state index in [0.29, 0.717) is 18.6 Å². The molecule has 0 radical (unpaired) electrons. The van der Waals surface area contributed by atoms with E-state index in [1.165, 1.54) is 13.2 Å². The molecule has 0 bridgehead atoms. The molecule has 2 rings (SSSR count). The molecule has 0 aromatic carbocycles. The van der Waals surface area contributed by atoms with E-state index in [4.69, 9.17) is 14.2 Å². The SMILES string of the molecule is C=CC[C@H]1C(=O)C=C(OC)[C@]2(OC)C[C@H](C(C)(C)O)O[C@H]12. The van der Waals surface area contributed by atoms with Gasteiger partial charge in [0.15, 0.2) is 11.4 Å². The standard InChI is InChI=1S/C16H24O5/c1-6-7-10-11(17)8-12(19-4)16(20-5)9-13(15(2,3)18)21-14(10)16/h6,8,10,13-14,18H,1,7,9H2,2-5H3/t10-,13+,14+,16+/m0/s1. The predicted molar refractivity (Wildman–Crippen MR) is 77.7 cm³/mol. The van der Waals surface area contributed by atoms with Crippen LogP contribution in [0, 0.1) is 5.92 Å².